The molecule has 0 bridgehead atoms. The van der Waals surface area contributed by atoms with Crippen LogP contribution in [0.3, 0.4) is 0 Å². The summed E-state index contributed by atoms with van der Waals surface area (Å²) in [6.07, 6.45) is 1.46. The first-order chi connectivity index (χ1) is 8.06. The maximum absolute atomic E-state index is 13.1. The lowest BCUT2D eigenvalue weighted by atomic mass is 10.3. The Kier molecular flexibility index (Phi) is 3.96. The molecule has 1 aromatic carbocycles. The minimum atomic E-state index is -0.403. The zero-order valence-electron chi connectivity index (χ0n) is 8.12. The van der Waals surface area contributed by atoms with Gasteiger partial charge in [-0.15, -0.1) is 0 Å². The van der Waals surface area contributed by atoms with E-state index in [0.29, 0.717) is 14.7 Å². The summed E-state index contributed by atoms with van der Waals surface area (Å²) in [7, 11) is 0. The molecule has 0 saturated carbocycles. The quantitative estimate of drug-likeness (QED) is 0.713. The molecule has 0 saturated heterocycles. The minimum Gasteiger partial charge on any atom is -0.436 e. The Hall–Kier alpha value is -0.720. The zero-order valence-corrected chi connectivity index (χ0v) is 12.1. The summed E-state index contributed by atoms with van der Waals surface area (Å²) < 4.78 is 19.6. The van der Waals surface area contributed by atoms with Crippen molar-refractivity contribution in [3.05, 3.63) is 44.4 Å². The van der Waals surface area contributed by atoms with Crippen LogP contribution in [-0.4, -0.2) is 9.97 Å². The summed E-state index contributed by atoms with van der Waals surface area (Å²) >= 11 is 12.1. The predicted molar refractivity (Wildman–Crippen MR) is 68.9 cm³/mol. The first-order valence-electron chi connectivity index (χ1n) is 4.37. The van der Waals surface area contributed by atoms with Crippen LogP contribution in [0.4, 0.5) is 4.39 Å². The van der Waals surface area contributed by atoms with Crippen molar-refractivity contribution >= 4 is 43.5 Å². The van der Waals surface area contributed by atoms with E-state index in [-0.39, 0.29) is 11.2 Å². The molecule has 3 nitrogen and oxygen atoms in total. The molecule has 0 amide bonds. The number of rotatable bonds is 2. The maximum Gasteiger partial charge on any atom is 0.238 e. The summed E-state index contributed by atoms with van der Waals surface area (Å²) in [5, 5.41) is 0.0516. The summed E-state index contributed by atoms with van der Waals surface area (Å²) in [4.78, 5) is 7.64. The highest BCUT2D eigenvalue weighted by molar-refractivity contribution is 9.11. The number of hydrogen-bond donors (Lipinski definition) is 0. The molecule has 0 aliphatic rings. The molecule has 0 atom stereocenters. The van der Waals surface area contributed by atoms with Crippen molar-refractivity contribution in [3.63, 3.8) is 0 Å². The second-order valence-electron chi connectivity index (χ2n) is 2.97. The lowest BCUT2D eigenvalue weighted by molar-refractivity contribution is 0.450. The Labute approximate surface area is 118 Å². The highest BCUT2D eigenvalue weighted by Gasteiger charge is 2.09. The highest BCUT2D eigenvalue weighted by atomic mass is 79.9. The van der Waals surface area contributed by atoms with Crippen molar-refractivity contribution in [2.24, 2.45) is 0 Å². The van der Waals surface area contributed by atoms with Gasteiger partial charge < -0.3 is 4.74 Å². The van der Waals surface area contributed by atoms with Gasteiger partial charge in [-0.1, -0.05) is 0 Å². The minimum absolute atomic E-state index is 0.0516. The van der Waals surface area contributed by atoms with E-state index < -0.39 is 5.82 Å². The van der Waals surface area contributed by atoms with Gasteiger partial charge in [-0.3, -0.25) is 0 Å². The van der Waals surface area contributed by atoms with Crippen molar-refractivity contribution in [1.82, 2.24) is 9.97 Å². The molecule has 0 radical (unpaired) electrons. The molecular weight excluding hydrogens is 378 g/mol. The van der Waals surface area contributed by atoms with Gasteiger partial charge in [-0.25, -0.2) is 9.37 Å². The zero-order chi connectivity index (χ0) is 12.4. The lowest BCUT2D eigenvalue weighted by Crippen LogP contribution is -1.93. The van der Waals surface area contributed by atoms with Gasteiger partial charge in [0.25, 0.3) is 0 Å². The Bertz CT molecular complexity index is 518. The van der Waals surface area contributed by atoms with Crippen LogP contribution < -0.4 is 4.74 Å². The summed E-state index contributed by atoms with van der Waals surface area (Å²) in [5.41, 5.74) is 0. The van der Waals surface area contributed by atoms with Crippen LogP contribution in [0.5, 0.6) is 11.6 Å². The smallest absolute Gasteiger partial charge is 0.238 e. The van der Waals surface area contributed by atoms with E-state index >= 15 is 0 Å². The molecule has 0 fully saturated rings. The van der Waals surface area contributed by atoms with Crippen molar-refractivity contribution in [2.75, 3.05) is 0 Å². The maximum atomic E-state index is 13.1. The number of benzene rings is 1. The van der Waals surface area contributed by atoms with Crippen LogP contribution in [0, 0.1) is 5.82 Å². The summed E-state index contributed by atoms with van der Waals surface area (Å²) in [6, 6.07) is 4.10. The van der Waals surface area contributed by atoms with Crippen LogP contribution in [0.25, 0.3) is 0 Å². The van der Waals surface area contributed by atoms with Gasteiger partial charge in [0, 0.05) is 12.3 Å². The predicted octanol–water partition coefficient (Wildman–Crippen LogP) is 4.59. The molecule has 7 heteroatoms. The standard InChI is InChI=1S/C10H4Br2ClFN2O/c11-6-2-1-5(14)3-8(6)17-9-7(12)4-15-10(13)16-9/h1-4H. The number of nitrogens with zero attached hydrogens (tertiary/aromatic N) is 2. The lowest BCUT2D eigenvalue weighted by Gasteiger charge is -2.08. The van der Waals surface area contributed by atoms with E-state index in [2.05, 4.69) is 41.8 Å². The number of aromatic nitrogens is 2. The third kappa shape index (κ3) is 3.14. The number of ether oxygens (including phenoxy) is 1. The number of halogens is 4. The van der Waals surface area contributed by atoms with Gasteiger partial charge in [0.15, 0.2) is 0 Å². The molecule has 17 heavy (non-hydrogen) atoms. The van der Waals surface area contributed by atoms with E-state index in [1.165, 1.54) is 18.3 Å². The Morgan fingerprint density at radius 2 is 2.00 bits per heavy atom. The SMILES string of the molecule is Fc1ccc(Br)c(Oc2nc(Cl)ncc2Br)c1. The van der Waals surface area contributed by atoms with Gasteiger partial charge in [-0.2, -0.15) is 4.98 Å². The second kappa shape index (κ2) is 5.29. The first kappa shape index (κ1) is 12.7. The topological polar surface area (TPSA) is 35.0 Å². The largest absolute Gasteiger partial charge is 0.436 e. The van der Waals surface area contributed by atoms with Crippen LogP contribution >= 0.6 is 43.5 Å². The molecule has 0 unspecified atom stereocenters. The van der Waals surface area contributed by atoms with Crippen LogP contribution in [-0.2, 0) is 0 Å². The second-order valence-corrected chi connectivity index (χ2v) is 5.02. The third-order valence-electron chi connectivity index (χ3n) is 1.78. The molecule has 88 valence electrons. The molecule has 2 rings (SSSR count). The normalized spacial score (nSPS) is 10.4. The van der Waals surface area contributed by atoms with Crippen molar-refractivity contribution < 1.29 is 9.13 Å². The molecule has 0 aliphatic heterocycles. The molecule has 2 aromatic rings. The van der Waals surface area contributed by atoms with Crippen molar-refractivity contribution in [3.8, 4) is 11.6 Å². The van der Waals surface area contributed by atoms with Crippen LogP contribution in [0.2, 0.25) is 5.28 Å². The fourth-order valence-electron chi connectivity index (χ4n) is 1.06. The molecular formula is C10H4Br2ClFN2O. The summed E-state index contributed by atoms with van der Waals surface area (Å²) in [6.45, 7) is 0. The van der Waals surface area contributed by atoms with Gasteiger partial charge >= 0.3 is 0 Å². The van der Waals surface area contributed by atoms with E-state index in [1.54, 1.807) is 6.07 Å². The van der Waals surface area contributed by atoms with E-state index in [0.717, 1.165) is 0 Å². The first-order valence-corrected chi connectivity index (χ1v) is 6.33. The fourth-order valence-corrected chi connectivity index (χ4v) is 1.79. The Balaban J connectivity index is 2.37. The third-order valence-corrected chi connectivity index (χ3v) is 3.16. The van der Waals surface area contributed by atoms with Gasteiger partial charge in [0.2, 0.25) is 11.2 Å². The Morgan fingerprint density at radius 3 is 2.76 bits per heavy atom. The average Bonchev–Trinajstić information content (AvgIpc) is 2.28. The van der Waals surface area contributed by atoms with Gasteiger partial charge in [0.05, 0.1) is 8.95 Å². The van der Waals surface area contributed by atoms with Gasteiger partial charge in [-0.05, 0) is 55.6 Å². The van der Waals surface area contributed by atoms with E-state index in [1.807, 2.05) is 0 Å². The molecule has 1 heterocycles. The van der Waals surface area contributed by atoms with E-state index in [4.69, 9.17) is 16.3 Å². The number of hydrogen-bond acceptors (Lipinski definition) is 3. The Morgan fingerprint density at radius 1 is 1.24 bits per heavy atom. The highest BCUT2D eigenvalue weighted by Crippen LogP contribution is 2.33. The van der Waals surface area contributed by atoms with E-state index in [9.17, 15) is 4.39 Å². The molecule has 0 spiro atoms. The van der Waals surface area contributed by atoms with Gasteiger partial charge in [0.1, 0.15) is 11.6 Å². The van der Waals surface area contributed by atoms with Crippen molar-refractivity contribution in [1.29, 1.82) is 0 Å². The molecule has 0 N–H and O–H groups in total. The van der Waals surface area contributed by atoms with Crippen LogP contribution in [0.1, 0.15) is 0 Å². The average molecular weight is 382 g/mol. The fraction of sp³-hybridized carbons (Fsp3) is 0. The molecule has 0 aliphatic carbocycles. The van der Waals surface area contributed by atoms with Crippen molar-refractivity contribution in [2.45, 2.75) is 0 Å². The van der Waals surface area contributed by atoms with Crippen LogP contribution in [0.15, 0.2) is 33.3 Å². The monoisotopic (exact) mass is 380 g/mol. The molecule has 1 aromatic heterocycles. The summed E-state index contributed by atoms with van der Waals surface area (Å²) in [5.74, 6) is 0.122.